The number of nitrogens with one attached hydrogen (secondary N) is 1. The van der Waals surface area contributed by atoms with Crippen molar-refractivity contribution >= 4 is 17.5 Å². The number of hydrogen-bond acceptors (Lipinski definition) is 3. The summed E-state index contributed by atoms with van der Waals surface area (Å²) in [6, 6.07) is 4.90. The third kappa shape index (κ3) is 5.23. The molecule has 4 nitrogen and oxygen atoms in total. The number of benzene rings is 1. The van der Waals surface area contributed by atoms with Gasteiger partial charge >= 0.3 is 0 Å². The van der Waals surface area contributed by atoms with Gasteiger partial charge < -0.3 is 11.1 Å². The summed E-state index contributed by atoms with van der Waals surface area (Å²) >= 11 is 5.91. The standard InChI is InChI=1S/C16H23ClFN3O/c17-13-7-12(8-14(18)9-13)11-21-6-2-1-3-15(21)10-20-16(22)4-5-19/h7-9,15H,1-6,10-11,19H2,(H,20,22). The molecule has 0 aromatic heterocycles. The van der Waals surface area contributed by atoms with Crippen LogP contribution in [-0.2, 0) is 11.3 Å². The molecule has 2 rings (SSSR count). The summed E-state index contributed by atoms with van der Waals surface area (Å²) in [5.41, 5.74) is 6.24. The van der Waals surface area contributed by atoms with Crippen LogP contribution in [0.2, 0.25) is 5.02 Å². The van der Waals surface area contributed by atoms with E-state index in [1.807, 2.05) is 0 Å². The zero-order chi connectivity index (χ0) is 15.9. The van der Waals surface area contributed by atoms with Gasteiger partial charge in [0.15, 0.2) is 0 Å². The second-order valence-electron chi connectivity index (χ2n) is 5.74. The van der Waals surface area contributed by atoms with Crippen LogP contribution in [0, 0.1) is 5.82 Å². The summed E-state index contributed by atoms with van der Waals surface area (Å²) in [5, 5.41) is 3.35. The molecule has 1 fully saturated rings. The fourth-order valence-electron chi connectivity index (χ4n) is 2.89. The van der Waals surface area contributed by atoms with Gasteiger partial charge in [0, 0.05) is 37.1 Å². The van der Waals surface area contributed by atoms with Gasteiger partial charge in [0.05, 0.1) is 0 Å². The van der Waals surface area contributed by atoms with E-state index in [-0.39, 0.29) is 17.8 Å². The lowest BCUT2D eigenvalue weighted by atomic mass is 10.0. The highest BCUT2D eigenvalue weighted by Gasteiger charge is 2.23. The van der Waals surface area contributed by atoms with Gasteiger partial charge in [-0.15, -0.1) is 0 Å². The Morgan fingerprint density at radius 3 is 2.95 bits per heavy atom. The Bertz CT molecular complexity index is 492. The second kappa shape index (κ2) is 8.46. The summed E-state index contributed by atoms with van der Waals surface area (Å²) in [5.74, 6) is -0.325. The lowest BCUT2D eigenvalue weighted by Gasteiger charge is -2.36. The first kappa shape index (κ1) is 17.2. The van der Waals surface area contributed by atoms with Gasteiger partial charge in [-0.3, -0.25) is 9.69 Å². The van der Waals surface area contributed by atoms with Crippen molar-refractivity contribution < 1.29 is 9.18 Å². The zero-order valence-electron chi connectivity index (χ0n) is 12.7. The summed E-state index contributed by atoms with van der Waals surface area (Å²) in [6.07, 6.45) is 3.66. The van der Waals surface area contributed by atoms with Crippen LogP contribution in [0.1, 0.15) is 31.2 Å². The van der Waals surface area contributed by atoms with E-state index in [1.165, 1.54) is 12.1 Å². The smallest absolute Gasteiger partial charge is 0.221 e. The van der Waals surface area contributed by atoms with Gasteiger partial charge in [-0.05, 0) is 43.1 Å². The molecule has 1 aromatic rings. The zero-order valence-corrected chi connectivity index (χ0v) is 13.4. The van der Waals surface area contributed by atoms with Crippen LogP contribution in [0.5, 0.6) is 0 Å². The van der Waals surface area contributed by atoms with Crippen molar-refractivity contribution in [3.05, 3.63) is 34.6 Å². The van der Waals surface area contributed by atoms with E-state index in [2.05, 4.69) is 10.2 Å². The van der Waals surface area contributed by atoms with Crippen molar-refractivity contribution in [3.8, 4) is 0 Å². The minimum absolute atomic E-state index is 0.0122. The first-order chi connectivity index (χ1) is 10.6. The van der Waals surface area contributed by atoms with Crippen LogP contribution in [-0.4, -0.2) is 36.5 Å². The Morgan fingerprint density at radius 2 is 2.23 bits per heavy atom. The van der Waals surface area contributed by atoms with Crippen molar-refractivity contribution in [1.29, 1.82) is 0 Å². The predicted octanol–water partition coefficient (Wildman–Crippen LogP) is 2.30. The lowest BCUT2D eigenvalue weighted by molar-refractivity contribution is -0.121. The molecule has 0 saturated carbocycles. The minimum Gasteiger partial charge on any atom is -0.354 e. The molecule has 1 aromatic carbocycles. The van der Waals surface area contributed by atoms with Gasteiger partial charge in [0.25, 0.3) is 0 Å². The summed E-state index contributed by atoms with van der Waals surface area (Å²) in [6.45, 7) is 2.57. The van der Waals surface area contributed by atoms with Crippen LogP contribution in [0.15, 0.2) is 18.2 Å². The number of carbonyl (C=O) groups is 1. The van der Waals surface area contributed by atoms with Crippen LogP contribution in [0.25, 0.3) is 0 Å². The van der Waals surface area contributed by atoms with Crippen LogP contribution in [0.4, 0.5) is 4.39 Å². The third-order valence-electron chi connectivity index (χ3n) is 3.96. The molecular formula is C16H23ClFN3O. The largest absolute Gasteiger partial charge is 0.354 e. The van der Waals surface area contributed by atoms with E-state index in [9.17, 15) is 9.18 Å². The number of likely N-dealkylation sites (tertiary alicyclic amines) is 1. The molecule has 1 unspecified atom stereocenters. The molecule has 1 aliphatic heterocycles. The average molecular weight is 328 g/mol. The first-order valence-corrected chi connectivity index (χ1v) is 8.12. The fourth-order valence-corrected chi connectivity index (χ4v) is 3.13. The predicted molar refractivity (Wildman–Crippen MR) is 86.1 cm³/mol. The lowest BCUT2D eigenvalue weighted by Crippen LogP contribution is -2.46. The number of halogens is 2. The SMILES string of the molecule is NCCC(=O)NCC1CCCCN1Cc1cc(F)cc(Cl)c1. The van der Waals surface area contributed by atoms with E-state index >= 15 is 0 Å². The average Bonchev–Trinajstić information content (AvgIpc) is 2.45. The Kier molecular flexibility index (Phi) is 6.61. The number of amides is 1. The van der Waals surface area contributed by atoms with Gasteiger partial charge in [-0.25, -0.2) is 4.39 Å². The normalized spacial score (nSPS) is 19.1. The van der Waals surface area contributed by atoms with Gasteiger partial charge in [0.2, 0.25) is 5.91 Å². The van der Waals surface area contributed by atoms with Crippen LogP contribution < -0.4 is 11.1 Å². The van der Waals surface area contributed by atoms with Crippen LogP contribution >= 0.6 is 11.6 Å². The molecule has 0 radical (unpaired) electrons. The van der Waals surface area contributed by atoms with Crippen molar-refractivity contribution in [2.45, 2.75) is 38.3 Å². The Morgan fingerprint density at radius 1 is 1.41 bits per heavy atom. The summed E-state index contributed by atoms with van der Waals surface area (Å²) in [7, 11) is 0. The Balaban J connectivity index is 1.95. The van der Waals surface area contributed by atoms with Crippen molar-refractivity contribution in [2.24, 2.45) is 5.73 Å². The molecule has 1 heterocycles. The molecule has 0 aliphatic carbocycles. The van der Waals surface area contributed by atoms with E-state index in [0.717, 1.165) is 31.4 Å². The molecule has 1 aliphatic rings. The maximum absolute atomic E-state index is 13.4. The van der Waals surface area contributed by atoms with E-state index in [4.69, 9.17) is 17.3 Å². The van der Waals surface area contributed by atoms with Crippen molar-refractivity contribution in [1.82, 2.24) is 10.2 Å². The number of rotatable bonds is 6. The molecule has 1 atom stereocenters. The molecule has 1 saturated heterocycles. The van der Waals surface area contributed by atoms with E-state index < -0.39 is 0 Å². The molecule has 22 heavy (non-hydrogen) atoms. The van der Waals surface area contributed by atoms with Gasteiger partial charge in [-0.2, -0.15) is 0 Å². The highest BCUT2D eigenvalue weighted by molar-refractivity contribution is 6.30. The molecule has 122 valence electrons. The highest BCUT2D eigenvalue weighted by atomic mass is 35.5. The maximum Gasteiger partial charge on any atom is 0.221 e. The monoisotopic (exact) mass is 327 g/mol. The summed E-state index contributed by atoms with van der Waals surface area (Å²) < 4.78 is 13.4. The Labute approximate surface area is 135 Å². The highest BCUT2D eigenvalue weighted by Crippen LogP contribution is 2.21. The topological polar surface area (TPSA) is 58.4 Å². The molecular weight excluding hydrogens is 305 g/mol. The first-order valence-electron chi connectivity index (χ1n) is 7.74. The fraction of sp³-hybridized carbons (Fsp3) is 0.562. The summed E-state index contributed by atoms with van der Waals surface area (Å²) in [4.78, 5) is 13.9. The minimum atomic E-state index is -0.313. The molecule has 0 spiro atoms. The van der Waals surface area contributed by atoms with Gasteiger partial charge in [0.1, 0.15) is 5.82 Å². The number of piperidine rings is 1. The van der Waals surface area contributed by atoms with Crippen molar-refractivity contribution in [3.63, 3.8) is 0 Å². The quantitative estimate of drug-likeness (QED) is 0.843. The molecule has 3 N–H and O–H groups in total. The van der Waals surface area contributed by atoms with Gasteiger partial charge in [-0.1, -0.05) is 18.0 Å². The van der Waals surface area contributed by atoms with Crippen LogP contribution in [0.3, 0.4) is 0 Å². The molecule has 6 heteroatoms. The second-order valence-corrected chi connectivity index (χ2v) is 6.18. The van der Waals surface area contributed by atoms with E-state index in [0.29, 0.717) is 31.1 Å². The van der Waals surface area contributed by atoms with E-state index in [1.54, 1.807) is 6.07 Å². The van der Waals surface area contributed by atoms with Crippen molar-refractivity contribution in [2.75, 3.05) is 19.6 Å². The maximum atomic E-state index is 13.4. The number of hydrogen-bond donors (Lipinski definition) is 2. The number of nitrogens with two attached hydrogens (primary N) is 1. The third-order valence-corrected chi connectivity index (χ3v) is 4.18. The molecule has 1 amide bonds. The Hall–Kier alpha value is -1.17. The number of nitrogens with zero attached hydrogens (tertiary/aromatic N) is 1. The number of carbonyl (C=O) groups excluding carboxylic acids is 1. The molecule has 0 bridgehead atoms.